The summed E-state index contributed by atoms with van der Waals surface area (Å²) in [6.07, 6.45) is 2.22. The zero-order chi connectivity index (χ0) is 20.4. The van der Waals surface area contributed by atoms with E-state index in [1.165, 1.54) is 11.9 Å². The fourth-order valence-electron chi connectivity index (χ4n) is 3.33. The molecule has 150 valence electrons. The lowest BCUT2D eigenvalue weighted by Gasteiger charge is -2.30. The summed E-state index contributed by atoms with van der Waals surface area (Å²) < 4.78 is 15.8. The molecule has 1 aliphatic rings. The summed E-state index contributed by atoms with van der Waals surface area (Å²) in [4.78, 5) is 23.0. The van der Waals surface area contributed by atoms with Crippen LogP contribution in [0.1, 0.15) is 27.4 Å². The summed E-state index contributed by atoms with van der Waals surface area (Å²) in [5.74, 6) is 2.69. The normalized spacial score (nSPS) is 13.0. The van der Waals surface area contributed by atoms with Gasteiger partial charge in [-0.05, 0) is 36.6 Å². The van der Waals surface area contributed by atoms with E-state index in [0.29, 0.717) is 29.7 Å². The Hall–Kier alpha value is -3.62. The molecule has 0 radical (unpaired) electrons. The van der Waals surface area contributed by atoms with Crippen molar-refractivity contribution in [1.82, 2.24) is 15.1 Å². The number of nitrogens with zero attached hydrogens (tertiary/aromatic N) is 4. The van der Waals surface area contributed by atoms with Crippen LogP contribution in [-0.2, 0) is 13.0 Å². The molecule has 1 aromatic carbocycles. The highest BCUT2D eigenvalue weighted by molar-refractivity contribution is 6.02. The second-order valence-electron chi connectivity index (χ2n) is 6.69. The molecule has 4 rings (SSSR count). The van der Waals surface area contributed by atoms with Crippen LogP contribution < -0.4 is 19.7 Å². The van der Waals surface area contributed by atoms with E-state index in [0.717, 1.165) is 24.3 Å². The molecule has 9 nitrogen and oxygen atoms in total. The lowest BCUT2D eigenvalue weighted by Crippen LogP contribution is -2.31. The zero-order valence-electron chi connectivity index (χ0n) is 16.4. The molecule has 0 aliphatic carbocycles. The number of hydrogen-bond acceptors (Lipinski definition) is 8. The number of carbonyl (C=O) groups excluding carboxylic acids is 1. The van der Waals surface area contributed by atoms with Crippen LogP contribution in [0.4, 0.5) is 11.6 Å². The summed E-state index contributed by atoms with van der Waals surface area (Å²) in [6.45, 7) is 3.17. The zero-order valence-corrected chi connectivity index (χ0v) is 16.4. The van der Waals surface area contributed by atoms with Crippen molar-refractivity contribution in [3.05, 3.63) is 53.2 Å². The third kappa shape index (κ3) is 3.84. The first-order valence-electron chi connectivity index (χ1n) is 9.13. The van der Waals surface area contributed by atoms with Crippen molar-refractivity contribution in [2.45, 2.75) is 19.9 Å². The average Bonchev–Trinajstić information content (AvgIpc) is 3.16. The highest BCUT2D eigenvalue weighted by atomic mass is 16.5. The number of ether oxygens (including phenoxy) is 2. The van der Waals surface area contributed by atoms with Crippen molar-refractivity contribution in [3.8, 4) is 11.5 Å². The molecule has 0 spiro atoms. The molecule has 2 aromatic heterocycles. The number of hydrogen-bond donors (Lipinski definition) is 1. The van der Waals surface area contributed by atoms with Crippen LogP contribution in [0.5, 0.6) is 11.5 Å². The van der Waals surface area contributed by atoms with Gasteiger partial charge in [0, 0.05) is 25.2 Å². The minimum atomic E-state index is -0.370. The van der Waals surface area contributed by atoms with Crippen LogP contribution in [-0.4, -0.2) is 41.8 Å². The number of methoxy groups -OCH3 is 2. The van der Waals surface area contributed by atoms with E-state index >= 15 is 0 Å². The van der Waals surface area contributed by atoms with Gasteiger partial charge in [0.15, 0.2) is 17.3 Å². The van der Waals surface area contributed by atoms with Gasteiger partial charge in [-0.3, -0.25) is 4.79 Å². The Morgan fingerprint density at radius 1 is 1.10 bits per heavy atom. The van der Waals surface area contributed by atoms with Crippen molar-refractivity contribution < 1.29 is 18.8 Å². The van der Waals surface area contributed by atoms with Crippen molar-refractivity contribution in [2.75, 3.05) is 31.0 Å². The molecular weight excluding hydrogens is 374 g/mol. The number of anilines is 2. The minimum Gasteiger partial charge on any atom is -0.493 e. The SMILES string of the molecule is COc1cc2c(cc1OC)CN(c1cc(C(=O)Nc3cc(C)on3)ncn1)CC2. The Balaban J connectivity index is 1.54. The predicted molar refractivity (Wildman–Crippen MR) is 106 cm³/mol. The van der Waals surface area contributed by atoms with Crippen molar-refractivity contribution in [2.24, 2.45) is 0 Å². The topological polar surface area (TPSA) is 103 Å². The van der Waals surface area contributed by atoms with Gasteiger partial charge in [-0.25, -0.2) is 9.97 Å². The van der Waals surface area contributed by atoms with Crippen LogP contribution >= 0.6 is 0 Å². The van der Waals surface area contributed by atoms with Gasteiger partial charge in [-0.1, -0.05) is 5.16 Å². The minimum absolute atomic E-state index is 0.258. The Morgan fingerprint density at radius 2 is 1.86 bits per heavy atom. The third-order valence-electron chi connectivity index (χ3n) is 4.80. The van der Waals surface area contributed by atoms with Gasteiger partial charge in [0.05, 0.1) is 14.2 Å². The summed E-state index contributed by atoms with van der Waals surface area (Å²) in [5.41, 5.74) is 2.61. The molecule has 9 heteroatoms. The highest BCUT2D eigenvalue weighted by Crippen LogP contribution is 2.34. The number of nitrogens with one attached hydrogen (secondary N) is 1. The first kappa shape index (κ1) is 18.7. The van der Waals surface area contributed by atoms with Crippen molar-refractivity contribution in [1.29, 1.82) is 0 Å². The number of carbonyl (C=O) groups is 1. The van der Waals surface area contributed by atoms with Gasteiger partial charge in [0.25, 0.3) is 5.91 Å². The second-order valence-corrected chi connectivity index (χ2v) is 6.69. The molecule has 0 saturated heterocycles. The first-order chi connectivity index (χ1) is 14.1. The van der Waals surface area contributed by atoms with Gasteiger partial charge >= 0.3 is 0 Å². The molecule has 1 amide bonds. The fraction of sp³-hybridized carbons (Fsp3) is 0.300. The monoisotopic (exact) mass is 395 g/mol. The van der Waals surface area contributed by atoms with Crippen LogP contribution in [0.15, 0.2) is 35.1 Å². The molecule has 0 fully saturated rings. The number of benzene rings is 1. The van der Waals surface area contributed by atoms with E-state index < -0.39 is 0 Å². The van der Waals surface area contributed by atoms with E-state index in [1.54, 1.807) is 33.3 Å². The molecule has 0 saturated carbocycles. The summed E-state index contributed by atoms with van der Waals surface area (Å²) in [7, 11) is 3.25. The second kappa shape index (κ2) is 7.78. The van der Waals surface area contributed by atoms with E-state index in [1.807, 2.05) is 12.1 Å². The molecule has 1 N–H and O–H groups in total. The maximum atomic E-state index is 12.5. The molecular formula is C20H21N5O4. The van der Waals surface area contributed by atoms with E-state index in [4.69, 9.17) is 14.0 Å². The summed E-state index contributed by atoms with van der Waals surface area (Å²) in [5, 5.41) is 6.44. The maximum absolute atomic E-state index is 12.5. The number of amides is 1. The van der Waals surface area contributed by atoms with Crippen LogP contribution in [0.3, 0.4) is 0 Å². The maximum Gasteiger partial charge on any atom is 0.275 e. The standard InChI is InChI=1S/C20H21N5O4/c1-12-6-18(24-29-12)23-20(26)15-9-19(22-11-21-15)25-5-4-13-7-16(27-2)17(28-3)8-14(13)10-25/h6-9,11H,4-5,10H2,1-3H3,(H,23,24,26). The Labute approximate surface area is 167 Å². The van der Waals surface area contributed by atoms with Gasteiger partial charge in [0.2, 0.25) is 0 Å². The lowest BCUT2D eigenvalue weighted by molar-refractivity contribution is 0.102. The number of fused-ring (bicyclic) bond motifs is 1. The number of rotatable bonds is 5. The van der Waals surface area contributed by atoms with Gasteiger partial charge < -0.3 is 24.2 Å². The first-order valence-corrected chi connectivity index (χ1v) is 9.13. The molecule has 0 atom stereocenters. The number of aryl methyl sites for hydroxylation is 1. The quantitative estimate of drug-likeness (QED) is 0.703. The highest BCUT2D eigenvalue weighted by Gasteiger charge is 2.21. The van der Waals surface area contributed by atoms with E-state index in [9.17, 15) is 4.79 Å². The van der Waals surface area contributed by atoms with Crippen molar-refractivity contribution in [3.63, 3.8) is 0 Å². The van der Waals surface area contributed by atoms with Crippen molar-refractivity contribution >= 4 is 17.5 Å². The van der Waals surface area contributed by atoms with E-state index in [2.05, 4.69) is 25.3 Å². The fourth-order valence-corrected chi connectivity index (χ4v) is 3.33. The van der Waals surface area contributed by atoms with Gasteiger partial charge in [0.1, 0.15) is 23.6 Å². The molecule has 29 heavy (non-hydrogen) atoms. The third-order valence-corrected chi connectivity index (χ3v) is 4.80. The average molecular weight is 395 g/mol. The molecule has 3 heterocycles. The predicted octanol–water partition coefficient (Wildman–Crippen LogP) is 2.61. The Bertz CT molecular complexity index is 1050. The summed E-state index contributed by atoms with van der Waals surface area (Å²) in [6, 6.07) is 7.32. The molecule has 3 aromatic rings. The molecule has 1 aliphatic heterocycles. The largest absolute Gasteiger partial charge is 0.493 e. The Kier molecular flexibility index (Phi) is 5.03. The number of aromatic nitrogens is 3. The van der Waals surface area contributed by atoms with Gasteiger partial charge in [-0.15, -0.1) is 0 Å². The van der Waals surface area contributed by atoms with E-state index in [-0.39, 0.29) is 11.6 Å². The van der Waals surface area contributed by atoms with Crippen LogP contribution in [0, 0.1) is 6.92 Å². The molecule has 0 unspecified atom stereocenters. The molecule has 0 bridgehead atoms. The van der Waals surface area contributed by atoms with Crippen LogP contribution in [0.2, 0.25) is 0 Å². The summed E-state index contributed by atoms with van der Waals surface area (Å²) >= 11 is 0. The van der Waals surface area contributed by atoms with Gasteiger partial charge in [-0.2, -0.15) is 0 Å². The Morgan fingerprint density at radius 3 is 2.55 bits per heavy atom. The smallest absolute Gasteiger partial charge is 0.275 e. The lowest BCUT2D eigenvalue weighted by atomic mass is 9.99. The van der Waals surface area contributed by atoms with Crippen LogP contribution in [0.25, 0.3) is 0 Å².